The van der Waals surface area contributed by atoms with Crippen LogP contribution in [0.3, 0.4) is 0 Å². The molecule has 0 radical (unpaired) electrons. The summed E-state index contributed by atoms with van der Waals surface area (Å²) in [6.45, 7) is 3.51. The molecule has 3 rings (SSSR count). The van der Waals surface area contributed by atoms with E-state index in [1.54, 1.807) is 0 Å². The largest absolute Gasteiger partial charge is 0.353 e. The standard InChI is InChI=1S/C20H25N3O/c21-19(14-16-6-2-1-3-7-16)20(24)22-11-13-23-12-10-17-8-4-5-9-18(17)15-23/h1-9,19H,10-15,21H2,(H,22,24). The summed E-state index contributed by atoms with van der Waals surface area (Å²) >= 11 is 0. The summed E-state index contributed by atoms with van der Waals surface area (Å²) in [5, 5.41) is 2.97. The Bertz CT molecular complexity index is 672. The van der Waals surface area contributed by atoms with Crippen molar-refractivity contribution in [2.24, 2.45) is 5.73 Å². The molecule has 126 valence electrons. The van der Waals surface area contributed by atoms with Crippen molar-refractivity contribution in [3.05, 3.63) is 71.3 Å². The molecule has 4 heteroatoms. The van der Waals surface area contributed by atoms with Crippen molar-refractivity contribution in [2.45, 2.75) is 25.4 Å². The van der Waals surface area contributed by atoms with Crippen LogP contribution in [0.4, 0.5) is 0 Å². The van der Waals surface area contributed by atoms with Crippen molar-refractivity contribution in [3.8, 4) is 0 Å². The van der Waals surface area contributed by atoms with Gasteiger partial charge < -0.3 is 11.1 Å². The number of hydrogen-bond donors (Lipinski definition) is 2. The molecule has 3 N–H and O–H groups in total. The zero-order valence-corrected chi connectivity index (χ0v) is 13.9. The molecule has 2 aromatic rings. The minimum atomic E-state index is -0.491. The SMILES string of the molecule is NC(Cc1ccccc1)C(=O)NCCN1CCc2ccccc2C1. The van der Waals surface area contributed by atoms with E-state index in [4.69, 9.17) is 5.73 Å². The number of hydrogen-bond acceptors (Lipinski definition) is 3. The van der Waals surface area contributed by atoms with Gasteiger partial charge in [-0.15, -0.1) is 0 Å². The van der Waals surface area contributed by atoms with Gasteiger partial charge in [-0.1, -0.05) is 54.6 Å². The average Bonchev–Trinajstić information content (AvgIpc) is 2.62. The van der Waals surface area contributed by atoms with Crippen LogP contribution in [0.15, 0.2) is 54.6 Å². The molecule has 0 spiro atoms. The molecule has 1 aliphatic rings. The molecule has 2 aromatic carbocycles. The smallest absolute Gasteiger partial charge is 0.237 e. The first-order valence-electron chi connectivity index (χ1n) is 8.59. The van der Waals surface area contributed by atoms with Crippen molar-refractivity contribution in [1.29, 1.82) is 0 Å². The fraction of sp³-hybridized carbons (Fsp3) is 0.350. The lowest BCUT2D eigenvalue weighted by Crippen LogP contribution is -2.45. The first-order valence-corrected chi connectivity index (χ1v) is 8.59. The Labute approximate surface area is 143 Å². The number of nitrogens with one attached hydrogen (secondary N) is 1. The zero-order chi connectivity index (χ0) is 16.8. The van der Waals surface area contributed by atoms with E-state index in [2.05, 4.69) is 34.5 Å². The first kappa shape index (κ1) is 16.7. The van der Waals surface area contributed by atoms with Gasteiger partial charge in [-0.3, -0.25) is 9.69 Å². The fourth-order valence-electron chi connectivity index (χ4n) is 3.17. The Kier molecular flexibility index (Phi) is 5.62. The summed E-state index contributed by atoms with van der Waals surface area (Å²) in [5.41, 5.74) is 9.94. The van der Waals surface area contributed by atoms with Gasteiger partial charge in [0.15, 0.2) is 0 Å². The number of benzene rings is 2. The second kappa shape index (κ2) is 8.08. The van der Waals surface area contributed by atoms with Crippen molar-refractivity contribution in [3.63, 3.8) is 0 Å². The highest BCUT2D eigenvalue weighted by Crippen LogP contribution is 2.17. The summed E-state index contributed by atoms with van der Waals surface area (Å²) in [4.78, 5) is 14.5. The lowest BCUT2D eigenvalue weighted by atomic mass is 10.00. The number of carbonyl (C=O) groups excluding carboxylic acids is 1. The van der Waals surface area contributed by atoms with E-state index in [0.29, 0.717) is 13.0 Å². The Morgan fingerprint density at radius 3 is 2.58 bits per heavy atom. The predicted molar refractivity (Wildman–Crippen MR) is 96.6 cm³/mol. The molecule has 1 aliphatic heterocycles. The van der Waals surface area contributed by atoms with E-state index in [9.17, 15) is 4.79 Å². The van der Waals surface area contributed by atoms with Crippen LogP contribution in [0.2, 0.25) is 0 Å². The van der Waals surface area contributed by atoms with Crippen LogP contribution < -0.4 is 11.1 Å². The molecule has 0 fully saturated rings. The summed E-state index contributed by atoms with van der Waals surface area (Å²) in [7, 11) is 0. The Morgan fingerprint density at radius 1 is 1.08 bits per heavy atom. The Morgan fingerprint density at radius 2 is 1.79 bits per heavy atom. The molecule has 0 bridgehead atoms. The monoisotopic (exact) mass is 323 g/mol. The third kappa shape index (κ3) is 4.43. The van der Waals surface area contributed by atoms with Crippen LogP contribution in [0.25, 0.3) is 0 Å². The van der Waals surface area contributed by atoms with E-state index in [1.165, 1.54) is 11.1 Å². The number of rotatable bonds is 6. The number of amides is 1. The van der Waals surface area contributed by atoms with Gasteiger partial charge >= 0.3 is 0 Å². The second-order valence-corrected chi connectivity index (χ2v) is 6.38. The van der Waals surface area contributed by atoms with Gasteiger partial charge in [0.1, 0.15) is 0 Å². The highest BCUT2D eigenvalue weighted by molar-refractivity contribution is 5.81. The molecule has 1 unspecified atom stereocenters. The fourth-order valence-corrected chi connectivity index (χ4v) is 3.17. The molecule has 0 saturated carbocycles. The van der Waals surface area contributed by atoms with Crippen molar-refractivity contribution >= 4 is 5.91 Å². The van der Waals surface area contributed by atoms with Crippen molar-refractivity contribution in [1.82, 2.24) is 10.2 Å². The van der Waals surface area contributed by atoms with Crippen molar-refractivity contribution in [2.75, 3.05) is 19.6 Å². The minimum Gasteiger partial charge on any atom is -0.353 e. The lowest BCUT2D eigenvalue weighted by molar-refractivity contribution is -0.122. The van der Waals surface area contributed by atoms with Gasteiger partial charge in [0.05, 0.1) is 6.04 Å². The molecule has 0 aliphatic carbocycles. The Hall–Kier alpha value is -2.17. The van der Waals surface area contributed by atoms with Gasteiger partial charge in [-0.05, 0) is 29.5 Å². The summed E-state index contributed by atoms with van der Waals surface area (Å²) in [6.07, 6.45) is 1.65. The highest BCUT2D eigenvalue weighted by atomic mass is 16.2. The van der Waals surface area contributed by atoms with Crippen LogP contribution in [0, 0.1) is 0 Å². The number of carbonyl (C=O) groups is 1. The van der Waals surface area contributed by atoms with E-state index in [-0.39, 0.29) is 5.91 Å². The predicted octanol–water partition coefficient (Wildman–Crippen LogP) is 1.73. The average molecular weight is 323 g/mol. The van der Waals surface area contributed by atoms with Gasteiger partial charge in [-0.25, -0.2) is 0 Å². The van der Waals surface area contributed by atoms with Crippen LogP contribution >= 0.6 is 0 Å². The Balaban J connectivity index is 1.41. The molecule has 1 amide bonds. The van der Waals surface area contributed by atoms with Crippen LogP contribution in [-0.4, -0.2) is 36.5 Å². The van der Waals surface area contributed by atoms with Crippen LogP contribution in [0.1, 0.15) is 16.7 Å². The summed E-state index contributed by atoms with van der Waals surface area (Å²) in [6, 6.07) is 18.0. The third-order valence-electron chi connectivity index (χ3n) is 4.57. The molecule has 24 heavy (non-hydrogen) atoms. The topological polar surface area (TPSA) is 58.4 Å². The number of nitrogens with zero attached hydrogens (tertiary/aromatic N) is 1. The highest BCUT2D eigenvalue weighted by Gasteiger charge is 2.17. The maximum absolute atomic E-state index is 12.1. The normalized spacial score (nSPS) is 15.5. The lowest BCUT2D eigenvalue weighted by Gasteiger charge is -2.28. The molecule has 4 nitrogen and oxygen atoms in total. The third-order valence-corrected chi connectivity index (χ3v) is 4.57. The molecule has 1 atom stereocenters. The van der Waals surface area contributed by atoms with Crippen molar-refractivity contribution < 1.29 is 4.79 Å². The number of fused-ring (bicyclic) bond motifs is 1. The molecule has 0 aromatic heterocycles. The quantitative estimate of drug-likeness (QED) is 0.851. The minimum absolute atomic E-state index is 0.0729. The molecule has 1 heterocycles. The van der Waals surface area contributed by atoms with E-state index >= 15 is 0 Å². The number of nitrogens with two attached hydrogens (primary N) is 1. The van der Waals surface area contributed by atoms with Gasteiger partial charge in [0.25, 0.3) is 0 Å². The maximum atomic E-state index is 12.1. The maximum Gasteiger partial charge on any atom is 0.237 e. The van der Waals surface area contributed by atoms with Gasteiger partial charge in [-0.2, -0.15) is 0 Å². The van der Waals surface area contributed by atoms with Crippen LogP contribution in [-0.2, 0) is 24.2 Å². The summed E-state index contributed by atoms with van der Waals surface area (Å²) in [5.74, 6) is -0.0729. The van der Waals surface area contributed by atoms with Gasteiger partial charge in [0, 0.05) is 26.2 Å². The van der Waals surface area contributed by atoms with Gasteiger partial charge in [0.2, 0.25) is 5.91 Å². The summed E-state index contributed by atoms with van der Waals surface area (Å²) < 4.78 is 0. The van der Waals surface area contributed by atoms with E-state index in [0.717, 1.165) is 31.6 Å². The first-order chi connectivity index (χ1) is 11.7. The second-order valence-electron chi connectivity index (χ2n) is 6.38. The molecular weight excluding hydrogens is 298 g/mol. The van der Waals surface area contributed by atoms with E-state index in [1.807, 2.05) is 30.3 Å². The van der Waals surface area contributed by atoms with E-state index < -0.39 is 6.04 Å². The zero-order valence-electron chi connectivity index (χ0n) is 13.9. The van der Waals surface area contributed by atoms with Crippen LogP contribution in [0.5, 0.6) is 0 Å². The molecule has 0 saturated heterocycles. The molecular formula is C20H25N3O.